The van der Waals surface area contributed by atoms with Crippen LogP contribution in [0.15, 0.2) is 124 Å². The molecule has 0 atom stereocenters. The zero-order valence-electron chi connectivity index (χ0n) is 25.7. The number of nitrogens with zero attached hydrogens (tertiary/aromatic N) is 3. The van der Waals surface area contributed by atoms with Gasteiger partial charge in [-0.3, -0.25) is 9.59 Å². The summed E-state index contributed by atoms with van der Waals surface area (Å²) in [4.78, 5) is 47.8. The number of ketones is 2. The van der Waals surface area contributed by atoms with Gasteiger partial charge in [-0.25, -0.2) is 9.78 Å². The summed E-state index contributed by atoms with van der Waals surface area (Å²) in [5.74, 6) is -0.597. The van der Waals surface area contributed by atoms with E-state index >= 15 is 0 Å². The Morgan fingerprint density at radius 1 is 0.723 bits per heavy atom. The highest BCUT2D eigenvalue weighted by atomic mass is 32.2. The number of thiazole rings is 1. The molecule has 5 aromatic carbocycles. The average molecular weight is 654 g/mol. The third-order valence-corrected chi connectivity index (χ3v) is 9.99. The van der Waals surface area contributed by atoms with Crippen molar-refractivity contribution in [2.45, 2.75) is 30.0 Å². The minimum Gasteiger partial charge on any atom is -0.318 e. The van der Waals surface area contributed by atoms with Crippen molar-refractivity contribution in [2.75, 3.05) is 0 Å². The number of fused-ring (bicyclic) bond motifs is 4. The highest BCUT2D eigenvalue weighted by Gasteiger charge is 2.18. The zero-order chi connectivity index (χ0) is 32.7. The summed E-state index contributed by atoms with van der Waals surface area (Å²) in [5.41, 5.74) is 6.82. The number of oxime groups is 1. The van der Waals surface area contributed by atoms with Crippen molar-refractivity contribution in [3.8, 4) is 5.69 Å². The van der Waals surface area contributed by atoms with Crippen LogP contribution in [0.25, 0.3) is 37.7 Å². The molecule has 7 aromatic rings. The number of Topliss-reactive ketones (excluding diaryl/α,β-unsaturated/α-hetero) is 1. The van der Waals surface area contributed by atoms with Crippen molar-refractivity contribution in [1.82, 2.24) is 9.55 Å². The van der Waals surface area contributed by atoms with Crippen molar-refractivity contribution in [3.63, 3.8) is 0 Å². The standard InChI is InChI=1S/C38H27N3O4S2/c1-22(40-45-24(3)43)25-8-14-29(15-9-25)41-34-18-12-27(23(2)42)20-31(34)32-21-28(13-19-35(32)41)37(44)26-10-16-30(17-11-26)46-38-39-33-6-4-5-7-36(33)47-38/h4-21H,1-3H3. The van der Waals surface area contributed by atoms with Gasteiger partial charge in [-0.05, 0) is 104 Å². The molecule has 0 aliphatic rings. The number of aromatic nitrogens is 2. The second kappa shape index (κ2) is 12.4. The zero-order valence-corrected chi connectivity index (χ0v) is 27.3. The predicted octanol–water partition coefficient (Wildman–Crippen LogP) is 9.27. The van der Waals surface area contributed by atoms with E-state index in [0.29, 0.717) is 22.4 Å². The molecule has 9 heteroatoms. The van der Waals surface area contributed by atoms with E-state index in [4.69, 9.17) is 9.82 Å². The fraction of sp³-hybridized carbons (Fsp3) is 0.0789. The normalized spacial score (nSPS) is 11.8. The summed E-state index contributed by atoms with van der Waals surface area (Å²) in [5, 5.41) is 5.63. The van der Waals surface area contributed by atoms with Crippen molar-refractivity contribution < 1.29 is 19.2 Å². The monoisotopic (exact) mass is 653 g/mol. The molecule has 7 nitrogen and oxygen atoms in total. The molecular weight excluding hydrogens is 627 g/mol. The van der Waals surface area contributed by atoms with Gasteiger partial charge >= 0.3 is 5.97 Å². The van der Waals surface area contributed by atoms with Crippen molar-refractivity contribution in [3.05, 3.63) is 131 Å². The molecule has 230 valence electrons. The smallest absolute Gasteiger partial charge is 0.318 e. The summed E-state index contributed by atoms with van der Waals surface area (Å²) in [6.07, 6.45) is 0. The largest absolute Gasteiger partial charge is 0.331 e. The third-order valence-electron chi connectivity index (χ3n) is 7.88. The molecule has 7 rings (SSSR count). The topological polar surface area (TPSA) is 90.6 Å². The number of hydrogen-bond acceptors (Lipinski definition) is 8. The van der Waals surface area contributed by atoms with Crippen LogP contribution in [0.5, 0.6) is 0 Å². The summed E-state index contributed by atoms with van der Waals surface area (Å²) >= 11 is 3.23. The molecule has 0 fully saturated rings. The van der Waals surface area contributed by atoms with Gasteiger partial charge in [0.05, 0.1) is 27.0 Å². The summed E-state index contributed by atoms with van der Waals surface area (Å²) < 4.78 is 4.21. The first-order chi connectivity index (χ1) is 22.7. The van der Waals surface area contributed by atoms with E-state index in [1.165, 1.54) is 6.92 Å². The first-order valence-electron chi connectivity index (χ1n) is 14.9. The van der Waals surface area contributed by atoms with E-state index in [1.807, 2.05) is 103 Å². The molecule has 2 aromatic heterocycles. The van der Waals surface area contributed by atoms with Gasteiger partial charge in [0.1, 0.15) is 0 Å². The van der Waals surface area contributed by atoms with Gasteiger partial charge in [0.25, 0.3) is 0 Å². The first kappa shape index (κ1) is 30.3. The van der Waals surface area contributed by atoms with Crippen LogP contribution in [0.2, 0.25) is 0 Å². The minimum atomic E-state index is -0.481. The second-order valence-corrected chi connectivity index (χ2v) is 13.4. The SMILES string of the molecule is CC(=O)ON=C(C)c1ccc(-n2c3ccc(C(C)=O)cc3c3cc(C(=O)c4ccc(Sc5nc6ccccc6s5)cc4)ccc32)cc1. The van der Waals surface area contributed by atoms with Gasteiger partial charge in [-0.1, -0.05) is 41.2 Å². The maximum absolute atomic E-state index is 13.7. The number of benzene rings is 5. The summed E-state index contributed by atoms with van der Waals surface area (Å²) in [7, 11) is 0. The number of hydrogen-bond donors (Lipinski definition) is 0. The Balaban J connectivity index is 1.23. The Bertz CT molecular complexity index is 2350. The lowest BCUT2D eigenvalue weighted by molar-refractivity contribution is -0.140. The Morgan fingerprint density at radius 3 is 2.00 bits per heavy atom. The summed E-state index contributed by atoms with van der Waals surface area (Å²) in [6, 6.07) is 34.8. The first-order valence-corrected chi connectivity index (χ1v) is 16.5. The number of para-hydroxylation sites is 1. The van der Waals surface area contributed by atoms with Crippen LogP contribution in [-0.4, -0.2) is 32.8 Å². The molecule has 0 aliphatic carbocycles. The van der Waals surface area contributed by atoms with Crippen molar-refractivity contribution >= 4 is 78.4 Å². The van der Waals surface area contributed by atoms with Gasteiger partial charge < -0.3 is 9.40 Å². The van der Waals surface area contributed by atoms with Crippen LogP contribution in [0.1, 0.15) is 52.6 Å². The van der Waals surface area contributed by atoms with Gasteiger partial charge in [-0.15, -0.1) is 11.3 Å². The highest BCUT2D eigenvalue weighted by molar-refractivity contribution is 8.01. The molecule has 0 saturated carbocycles. The van der Waals surface area contributed by atoms with Crippen LogP contribution >= 0.6 is 23.1 Å². The second-order valence-electron chi connectivity index (χ2n) is 11.1. The molecule has 0 saturated heterocycles. The lowest BCUT2D eigenvalue weighted by atomic mass is 10.0. The highest BCUT2D eigenvalue weighted by Crippen LogP contribution is 2.36. The number of carbonyl (C=O) groups is 3. The average Bonchev–Trinajstić information content (AvgIpc) is 3.64. The molecule has 0 spiro atoms. The van der Waals surface area contributed by atoms with Crippen LogP contribution in [0.3, 0.4) is 0 Å². The molecule has 0 radical (unpaired) electrons. The predicted molar refractivity (Wildman–Crippen MR) is 188 cm³/mol. The van der Waals surface area contributed by atoms with E-state index in [1.54, 1.807) is 36.9 Å². The van der Waals surface area contributed by atoms with E-state index in [2.05, 4.69) is 15.8 Å². The molecule has 0 bridgehead atoms. The van der Waals surface area contributed by atoms with Crippen molar-refractivity contribution in [2.24, 2.45) is 5.16 Å². The molecule has 0 amide bonds. The van der Waals surface area contributed by atoms with E-state index < -0.39 is 5.97 Å². The quantitative estimate of drug-likeness (QED) is 0.0703. The van der Waals surface area contributed by atoms with Gasteiger partial charge in [0.2, 0.25) is 0 Å². The molecule has 47 heavy (non-hydrogen) atoms. The number of rotatable bonds is 8. The van der Waals surface area contributed by atoms with E-state index in [0.717, 1.165) is 52.5 Å². The van der Waals surface area contributed by atoms with E-state index in [-0.39, 0.29) is 11.6 Å². The Morgan fingerprint density at radius 2 is 1.34 bits per heavy atom. The lowest BCUT2D eigenvalue weighted by Crippen LogP contribution is -2.02. The molecule has 0 unspecified atom stereocenters. The van der Waals surface area contributed by atoms with Crippen LogP contribution in [0, 0.1) is 0 Å². The van der Waals surface area contributed by atoms with Gasteiger partial charge in [0.15, 0.2) is 15.9 Å². The minimum absolute atomic E-state index is 0.0317. The van der Waals surface area contributed by atoms with Crippen molar-refractivity contribution in [1.29, 1.82) is 0 Å². The van der Waals surface area contributed by atoms with Crippen LogP contribution in [-0.2, 0) is 9.63 Å². The van der Waals surface area contributed by atoms with E-state index in [9.17, 15) is 14.4 Å². The Kier molecular flexibility index (Phi) is 8.01. The van der Waals surface area contributed by atoms with Crippen LogP contribution in [0.4, 0.5) is 0 Å². The molecule has 0 N–H and O–H groups in total. The Hall–Kier alpha value is -5.38. The van der Waals surface area contributed by atoms with Crippen LogP contribution < -0.4 is 0 Å². The fourth-order valence-corrected chi connectivity index (χ4v) is 7.57. The summed E-state index contributed by atoms with van der Waals surface area (Å²) in [6.45, 7) is 4.63. The molecule has 0 aliphatic heterocycles. The molecule has 2 heterocycles. The third kappa shape index (κ3) is 5.98. The maximum Gasteiger partial charge on any atom is 0.331 e. The van der Waals surface area contributed by atoms with Gasteiger partial charge in [0, 0.05) is 45.0 Å². The fourth-order valence-electron chi connectivity index (χ4n) is 5.54. The molecular formula is C38H27N3O4S2. The Labute approximate surface area is 278 Å². The lowest BCUT2D eigenvalue weighted by Gasteiger charge is -2.10. The maximum atomic E-state index is 13.7. The van der Waals surface area contributed by atoms with Gasteiger partial charge in [-0.2, -0.15) is 0 Å². The number of carbonyl (C=O) groups excluding carboxylic acids is 3.